The third kappa shape index (κ3) is 4.64. The molecule has 7 nitrogen and oxygen atoms in total. The lowest BCUT2D eigenvalue weighted by atomic mass is 10.1. The van der Waals surface area contributed by atoms with E-state index in [-0.39, 0.29) is 16.8 Å². The van der Waals surface area contributed by atoms with Crippen molar-refractivity contribution in [2.75, 3.05) is 31.5 Å². The van der Waals surface area contributed by atoms with Gasteiger partial charge in [-0.05, 0) is 36.4 Å². The zero-order chi connectivity index (χ0) is 21.8. The molecule has 9 heteroatoms. The Balaban J connectivity index is 1.44. The van der Waals surface area contributed by atoms with Crippen molar-refractivity contribution in [3.05, 3.63) is 83.2 Å². The van der Waals surface area contributed by atoms with Crippen LogP contribution in [0.1, 0.15) is 20.7 Å². The predicted molar refractivity (Wildman–Crippen MR) is 115 cm³/mol. The molecule has 1 aromatic carbocycles. The summed E-state index contributed by atoms with van der Waals surface area (Å²) in [4.78, 5) is 37.1. The average Bonchev–Trinajstić information content (AvgIpc) is 2.81. The van der Waals surface area contributed by atoms with Crippen LogP contribution in [0.25, 0.3) is 0 Å². The third-order valence-corrected chi connectivity index (χ3v) is 5.32. The van der Waals surface area contributed by atoms with Crippen LogP contribution in [0.2, 0.25) is 5.02 Å². The highest BCUT2D eigenvalue weighted by Crippen LogP contribution is 2.25. The van der Waals surface area contributed by atoms with E-state index in [1.165, 1.54) is 24.5 Å². The molecule has 0 saturated carbocycles. The molecule has 0 radical (unpaired) electrons. The van der Waals surface area contributed by atoms with Crippen LogP contribution in [0.3, 0.4) is 0 Å². The highest BCUT2D eigenvalue weighted by atomic mass is 35.5. The summed E-state index contributed by atoms with van der Waals surface area (Å²) >= 11 is 5.74. The number of amides is 2. The monoisotopic (exact) mass is 439 g/mol. The zero-order valence-electron chi connectivity index (χ0n) is 16.5. The van der Waals surface area contributed by atoms with Crippen LogP contribution in [0.4, 0.5) is 15.8 Å². The lowest BCUT2D eigenvalue weighted by molar-refractivity contribution is 0.0535. The Bertz CT molecular complexity index is 1100. The van der Waals surface area contributed by atoms with E-state index in [1.807, 2.05) is 0 Å². The number of rotatable bonds is 4. The van der Waals surface area contributed by atoms with Crippen molar-refractivity contribution in [1.29, 1.82) is 0 Å². The molecule has 3 aromatic rings. The summed E-state index contributed by atoms with van der Waals surface area (Å²) in [6.07, 6.45) is 6.18. The molecule has 0 unspecified atom stereocenters. The van der Waals surface area contributed by atoms with E-state index >= 15 is 0 Å². The van der Waals surface area contributed by atoms with Crippen molar-refractivity contribution in [1.82, 2.24) is 19.8 Å². The smallest absolute Gasteiger partial charge is 0.257 e. The number of halogens is 2. The first kappa shape index (κ1) is 20.7. The standard InChI is InChI=1S/C22H19ClFN5O2/c23-18-4-3-16(12-19(18)24)27-20-5-7-26-14-17(20)22(31)29-10-8-28(9-11-29)21(30)15-2-1-6-25-13-15/h1-7,12-14H,8-11H2,(H,26,27). The van der Waals surface area contributed by atoms with Crippen LogP contribution >= 0.6 is 11.6 Å². The van der Waals surface area contributed by atoms with E-state index in [4.69, 9.17) is 11.6 Å². The Morgan fingerprint density at radius 1 is 0.935 bits per heavy atom. The number of nitrogens with zero attached hydrogens (tertiary/aromatic N) is 4. The second-order valence-electron chi connectivity index (χ2n) is 7.00. The Hall–Kier alpha value is -3.52. The number of benzene rings is 1. The Kier molecular flexibility index (Phi) is 6.08. The molecular weight excluding hydrogens is 421 g/mol. The minimum absolute atomic E-state index is 0.0234. The lowest BCUT2D eigenvalue weighted by Gasteiger charge is -2.35. The number of nitrogens with one attached hydrogen (secondary N) is 1. The van der Waals surface area contributed by atoms with Gasteiger partial charge in [-0.3, -0.25) is 19.6 Å². The van der Waals surface area contributed by atoms with Crippen LogP contribution in [-0.2, 0) is 0 Å². The molecule has 158 valence electrons. The van der Waals surface area contributed by atoms with Crippen molar-refractivity contribution >= 4 is 34.8 Å². The molecule has 0 atom stereocenters. The van der Waals surface area contributed by atoms with Gasteiger partial charge < -0.3 is 15.1 Å². The summed E-state index contributed by atoms with van der Waals surface area (Å²) in [5, 5.41) is 3.07. The molecule has 2 aromatic heterocycles. The molecule has 2 amide bonds. The number of aromatic nitrogens is 2. The van der Waals surface area contributed by atoms with Gasteiger partial charge in [-0.2, -0.15) is 0 Å². The van der Waals surface area contributed by atoms with Gasteiger partial charge in [-0.25, -0.2) is 4.39 Å². The van der Waals surface area contributed by atoms with E-state index in [9.17, 15) is 14.0 Å². The van der Waals surface area contributed by atoms with Crippen LogP contribution < -0.4 is 5.32 Å². The van der Waals surface area contributed by atoms with Gasteiger partial charge in [0, 0.05) is 56.7 Å². The molecule has 0 bridgehead atoms. The maximum absolute atomic E-state index is 13.8. The van der Waals surface area contributed by atoms with Crippen LogP contribution in [0.15, 0.2) is 61.2 Å². The topological polar surface area (TPSA) is 78.4 Å². The van der Waals surface area contributed by atoms with Gasteiger partial charge in [0.25, 0.3) is 11.8 Å². The molecule has 0 aliphatic carbocycles. The summed E-state index contributed by atoms with van der Waals surface area (Å²) < 4.78 is 13.8. The summed E-state index contributed by atoms with van der Waals surface area (Å²) in [6.45, 7) is 1.64. The third-order valence-electron chi connectivity index (χ3n) is 5.01. The summed E-state index contributed by atoms with van der Waals surface area (Å²) in [7, 11) is 0. The van der Waals surface area contributed by atoms with Gasteiger partial charge >= 0.3 is 0 Å². The minimum Gasteiger partial charge on any atom is -0.355 e. The van der Waals surface area contributed by atoms with Crippen LogP contribution in [0.5, 0.6) is 0 Å². The molecule has 1 saturated heterocycles. The molecule has 1 aliphatic rings. The van der Waals surface area contributed by atoms with E-state index in [0.717, 1.165) is 0 Å². The molecular formula is C22H19ClFN5O2. The predicted octanol–water partition coefficient (Wildman–Crippen LogP) is 3.61. The largest absolute Gasteiger partial charge is 0.355 e. The number of carbonyl (C=O) groups excluding carboxylic acids is 2. The highest BCUT2D eigenvalue weighted by Gasteiger charge is 2.27. The van der Waals surface area contributed by atoms with Crippen molar-refractivity contribution in [3.8, 4) is 0 Å². The number of carbonyl (C=O) groups is 2. The number of hydrogen-bond donors (Lipinski definition) is 1. The molecule has 3 heterocycles. The van der Waals surface area contributed by atoms with Crippen LogP contribution in [-0.4, -0.2) is 57.8 Å². The molecule has 4 rings (SSSR count). The number of pyridine rings is 2. The SMILES string of the molecule is O=C(c1cccnc1)N1CCN(C(=O)c2cnccc2Nc2ccc(Cl)c(F)c2)CC1. The maximum atomic E-state index is 13.8. The summed E-state index contributed by atoms with van der Waals surface area (Å²) in [6, 6.07) is 9.43. The number of anilines is 2. The number of piperazine rings is 1. The first-order chi connectivity index (χ1) is 15.0. The van der Waals surface area contributed by atoms with Crippen molar-refractivity contribution in [2.24, 2.45) is 0 Å². The van der Waals surface area contributed by atoms with Gasteiger partial charge in [0.2, 0.25) is 0 Å². The fourth-order valence-electron chi connectivity index (χ4n) is 3.36. The van der Waals surface area contributed by atoms with Crippen molar-refractivity contribution in [3.63, 3.8) is 0 Å². The number of hydrogen-bond acceptors (Lipinski definition) is 5. The average molecular weight is 440 g/mol. The van der Waals surface area contributed by atoms with E-state index < -0.39 is 5.82 Å². The fourth-order valence-corrected chi connectivity index (χ4v) is 3.48. The normalized spacial score (nSPS) is 13.7. The molecule has 1 fully saturated rings. The van der Waals surface area contributed by atoms with E-state index in [1.54, 1.807) is 46.5 Å². The van der Waals surface area contributed by atoms with Crippen LogP contribution in [0, 0.1) is 5.82 Å². The van der Waals surface area contributed by atoms with Crippen molar-refractivity contribution < 1.29 is 14.0 Å². The zero-order valence-corrected chi connectivity index (χ0v) is 17.2. The van der Waals surface area contributed by atoms with E-state index in [0.29, 0.717) is 48.7 Å². The Labute approximate surface area is 183 Å². The molecule has 0 spiro atoms. The van der Waals surface area contributed by atoms with Gasteiger partial charge in [-0.15, -0.1) is 0 Å². The first-order valence-electron chi connectivity index (χ1n) is 9.67. The van der Waals surface area contributed by atoms with Crippen molar-refractivity contribution in [2.45, 2.75) is 0 Å². The molecule has 1 N–H and O–H groups in total. The fraction of sp³-hybridized carbons (Fsp3) is 0.182. The lowest BCUT2D eigenvalue weighted by Crippen LogP contribution is -2.50. The summed E-state index contributed by atoms with van der Waals surface area (Å²) in [5.41, 5.74) is 1.87. The van der Waals surface area contributed by atoms with Gasteiger partial charge in [0.15, 0.2) is 0 Å². The Morgan fingerprint density at radius 2 is 1.65 bits per heavy atom. The maximum Gasteiger partial charge on any atom is 0.257 e. The van der Waals surface area contributed by atoms with Gasteiger partial charge in [0.05, 0.1) is 21.8 Å². The quantitative estimate of drug-likeness (QED) is 0.671. The second-order valence-corrected chi connectivity index (χ2v) is 7.41. The second kappa shape index (κ2) is 9.09. The molecule has 1 aliphatic heterocycles. The van der Waals surface area contributed by atoms with E-state index in [2.05, 4.69) is 15.3 Å². The molecule has 31 heavy (non-hydrogen) atoms. The van der Waals surface area contributed by atoms with Gasteiger partial charge in [0.1, 0.15) is 5.82 Å². The Morgan fingerprint density at radius 3 is 2.32 bits per heavy atom. The minimum atomic E-state index is -0.553. The summed E-state index contributed by atoms with van der Waals surface area (Å²) in [5.74, 6) is -0.866. The van der Waals surface area contributed by atoms with Gasteiger partial charge in [-0.1, -0.05) is 11.6 Å². The highest BCUT2D eigenvalue weighted by molar-refractivity contribution is 6.30. The first-order valence-corrected chi connectivity index (χ1v) is 10.1.